The number of nitrogens with one attached hydrogen (secondary N) is 1. The minimum atomic E-state index is -0.755. The van der Waals surface area contributed by atoms with E-state index in [0.717, 1.165) is 0 Å². The molecule has 3 aromatic heterocycles. The van der Waals surface area contributed by atoms with Gasteiger partial charge in [-0.2, -0.15) is 0 Å². The van der Waals surface area contributed by atoms with Crippen LogP contribution < -0.4 is 5.32 Å². The van der Waals surface area contributed by atoms with Crippen molar-refractivity contribution in [3.05, 3.63) is 53.6 Å². The highest BCUT2D eigenvalue weighted by atomic mass is 32.1. The lowest BCUT2D eigenvalue weighted by molar-refractivity contribution is 0.0899. The van der Waals surface area contributed by atoms with E-state index in [4.69, 9.17) is 8.83 Å². The summed E-state index contributed by atoms with van der Waals surface area (Å²) >= 11 is 1.34. The van der Waals surface area contributed by atoms with Gasteiger partial charge in [-0.05, 0) is 31.2 Å². The summed E-state index contributed by atoms with van der Waals surface area (Å²) < 4.78 is 10.4. The molecular weight excluding hydrogens is 316 g/mol. The monoisotopic (exact) mass is 332 g/mol. The number of hydrogen-bond donors (Lipinski definition) is 2. The normalized spacial score (nSPS) is 13.7. The molecule has 0 radical (unpaired) electrons. The van der Waals surface area contributed by atoms with Gasteiger partial charge in [-0.15, -0.1) is 11.3 Å². The van der Waals surface area contributed by atoms with Gasteiger partial charge in [0.1, 0.15) is 17.6 Å². The Morgan fingerprint density at radius 1 is 1.35 bits per heavy atom. The number of aromatic nitrogens is 1. The maximum absolute atomic E-state index is 12.2. The van der Waals surface area contributed by atoms with Gasteiger partial charge in [0, 0.05) is 17.8 Å². The van der Waals surface area contributed by atoms with Crippen LogP contribution in [-0.4, -0.2) is 22.0 Å². The molecule has 0 fully saturated rings. The van der Waals surface area contributed by atoms with Crippen LogP contribution in [0.5, 0.6) is 0 Å². The summed E-state index contributed by atoms with van der Waals surface area (Å²) in [7, 11) is 0. The van der Waals surface area contributed by atoms with Crippen LogP contribution in [0.2, 0.25) is 0 Å². The molecular formula is C16H16N2O4S. The molecule has 0 saturated carbocycles. The molecule has 2 unspecified atom stereocenters. The number of carbonyl (C=O) groups excluding carboxylic acids is 1. The molecule has 0 aromatic carbocycles. The summed E-state index contributed by atoms with van der Waals surface area (Å²) in [5.41, 5.74) is 0.334. The number of thiazole rings is 1. The van der Waals surface area contributed by atoms with Gasteiger partial charge in [0.25, 0.3) is 5.91 Å². The highest BCUT2D eigenvalue weighted by Gasteiger charge is 2.19. The van der Waals surface area contributed by atoms with Crippen LogP contribution in [0.1, 0.15) is 35.7 Å². The first-order chi connectivity index (χ1) is 11.1. The van der Waals surface area contributed by atoms with E-state index >= 15 is 0 Å². The molecule has 6 nitrogen and oxygen atoms in total. The number of carbonyl (C=O) groups is 1. The fraction of sp³-hybridized carbons (Fsp3) is 0.250. The van der Waals surface area contributed by atoms with Gasteiger partial charge >= 0.3 is 0 Å². The molecule has 0 aliphatic carbocycles. The summed E-state index contributed by atoms with van der Waals surface area (Å²) in [6, 6.07) is 6.76. The molecule has 120 valence electrons. The van der Waals surface area contributed by atoms with Crippen molar-refractivity contribution >= 4 is 17.2 Å². The number of furan rings is 2. The summed E-state index contributed by atoms with van der Waals surface area (Å²) in [5.74, 6) is 0.841. The Morgan fingerprint density at radius 3 is 2.83 bits per heavy atom. The van der Waals surface area contributed by atoms with Crippen LogP contribution in [0, 0.1) is 0 Å². The highest BCUT2D eigenvalue weighted by Crippen LogP contribution is 2.24. The van der Waals surface area contributed by atoms with Gasteiger partial charge in [0.15, 0.2) is 10.8 Å². The zero-order valence-electron chi connectivity index (χ0n) is 12.4. The van der Waals surface area contributed by atoms with Crippen molar-refractivity contribution in [3.63, 3.8) is 0 Å². The van der Waals surface area contributed by atoms with Crippen molar-refractivity contribution in [1.29, 1.82) is 0 Å². The van der Waals surface area contributed by atoms with Crippen LogP contribution >= 0.6 is 11.3 Å². The van der Waals surface area contributed by atoms with Crippen molar-refractivity contribution < 1.29 is 18.7 Å². The Bertz CT molecular complexity index is 749. The molecule has 0 aliphatic heterocycles. The average molecular weight is 332 g/mol. The smallest absolute Gasteiger partial charge is 0.270 e. The zero-order chi connectivity index (χ0) is 16.2. The fourth-order valence-corrected chi connectivity index (χ4v) is 2.95. The molecule has 7 heteroatoms. The van der Waals surface area contributed by atoms with E-state index in [-0.39, 0.29) is 11.9 Å². The maximum atomic E-state index is 12.2. The van der Waals surface area contributed by atoms with Gasteiger partial charge in [0.05, 0.1) is 12.5 Å². The van der Waals surface area contributed by atoms with Crippen molar-refractivity contribution in [3.8, 4) is 10.8 Å². The predicted octanol–water partition coefficient (Wildman–Crippen LogP) is 3.24. The van der Waals surface area contributed by atoms with Crippen LogP contribution in [0.15, 0.2) is 51.0 Å². The standard InChI is InChI=1S/C16H16N2O4S/c1-10(8-12(19)13-4-2-6-21-13)17-15(20)11-9-23-16(18-11)14-5-3-7-22-14/h2-7,9-10,12,19H,8H2,1H3,(H,17,20). The molecule has 3 rings (SSSR count). The van der Waals surface area contributed by atoms with E-state index < -0.39 is 6.10 Å². The summed E-state index contributed by atoms with van der Waals surface area (Å²) in [6.45, 7) is 1.82. The van der Waals surface area contributed by atoms with E-state index in [1.165, 1.54) is 17.6 Å². The number of aliphatic hydroxyl groups excluding tert-OH is 1. The Morgan fingerprint density at radius 2 is 2.13 bits per heavy atom. The number of nitrogens with zero attached hydrogens (tertiary/aromatic N) is 1. The number of amides is 1. The molecule has 2 N–H and O–H groups in total. The number of rotatable bonds is 6. The molecule has 2 atom stereocenters. The SMILES string of the molecule is CC(CC(O)c1ccco1)NC(=O)c1csc(-c2ccco2)n1. The lowest BCUT2D eigenvalue weighted by Crippen LogP contribution is -2.33. The van der Waals surface area contributed by atoms with Crippen LogP contribution in [-0.2, 0) is 0 Å². The molecule has 0 aliphatic rings. The first kappa shape index (κ1) is 15.5. The van der Waals surface area contributed by atoms with E-state index in [2.05, 4.69) is 10.3 Å². The quantitative estimate of drug-likeness (QED) is 0.723. The lowest BCUT2D eigenvalue weighted by Gasteiger charge is -2.16. The van der Waals surface area contributed by atoms with Gasteiger partial charge < -0.3 is 19.3 Å². The molecule has 23 heavy (non-hydrogen) atoms. The van der Waals surface area contributed by atoms with E-state index in [1.54, 1.807) is 35.9 Å². The largest absolute Gasteiger partial charge is 0.467 e. The Hall–Kier alpha value is -2.38. The molecule has 3 heterocycles. The van der Waals surface area contributed by atoms with Crippen molar-refractivity contribution in [2.45, 2.75) is 25.5 Å². The van der Waals surface area contributed by atoms with Gasteiger partial charge in [0.2, 0.25) is 0 Å². The molecule has 3 aromatic rings. The van der Waals surface area contributed by atoms with Gasteiger partial charge in [-0.3, -0.25) is 4.79 Å². The third-order valence-corrected chi connectivity index (χ3v) is 4.15. The van der Waals surface area contributed by atoms with Crippen LogP contribution in [0.25, 0.3) is 10.8 Å². The van der Waals surface area contributed by atoms with Gasteiger partial charge in [-0.1, -0.05) is 0 Å². The average Bonchev–Trinajstić information content (AvgIpc) is 3.27. The Kier molecular flexibility index (Phi) is 4.59. The van der Waals surface area contributed by atoms with Crippen LogP contribution in [0.4, 0.5) is 0 Å². The fourth-order valence-electron chi connectivity index (χ4n) is 2.18. The zero-order valence-corrected chi connectivity index (χ0v) is 13.2. The Labute approximate surface area is 136 Å². The summed E-state index contributed by atoms with van der Waals surface area (Å²) in [5, 5.41) is 15.2. The maximum Gasteiger partial charge on any atom is 0.270 e. The molecule has 0 spiro atoms. The van der Waals surface area contributed by atoms with Crippen LogP contribution in [0.3, 0.4) is 0 Å². The summed E-state index contributed by atoms with van der Waals surface area (Å²) in [6.07, 6.45) is 2.67. The number of hydrogen-bond acceptors (Lipinski definition) is 6. The predicted molar refractivity (Wildman–Crippen MR) is 85.0 cm³/mol. The second kappa shape index (κ2) is 6.80. The van der Waals surface area contributed by atoms with Crippen molar-refractivity contribution in [2.24, 2.45) is 0 Å². The Balaban J connectivity index is 1.58. The minimum absolute atomic E-state index is 0.226. The third kappa shape index (κ3) is 3.69. The lowest BCUT2D eigenvalue weighted by atomic mass is 10.1. The molecule has 1 amide bonds. The second-order valence-electron chi connectivity index (χ2n) is 5.16. The second-order valence-corrected chi connectivity index (χ2v) is 6.01. The van der Waals surface area contributed by atoms with E-state index in [1.807, 2.05) is 6.92 Å². The molecule has 0 saturated heterocycles. The molecule has 0 bridgehead atoms. The summed E-state index contributed by atoms with van der Waals surface area (Å²) in [4.78, 5) is 16.5. The topological polar surface area (TPSA) is 88.5 Å². The first-order valence-corrected chi connectivity index (χ1v) is 8.03. The number of aliphatic hydroxyl groups is 1. The van der Waals surface area contributed by atoms with Crippen molar-refractivity contribution in [2.75, 3.05) is 0 Å². The van der Waals surface area contributed by atoms with E-state index in [0.29, 0.717) is 28.6 Å². The minimum Gasteiger partial charge on any atom is -0.467 e. The van der Waals surface area contributed by atoms with Crippen molar-refractivity contribution in [1.82, 2.24) is 10.3 Å². The first-order valence-electron chi connectivity index (χ1n) is 7.15. The third-order valence-electron chi connectivity index (χ3n) is 3.29. The highest BCUT2D eigenvalue weighted by molar-refractivity contribution is 7.13. The van der Waals surface area contributed by atoms with E-state index in [9.17, 15) is 9.90 Å². The van der Waals surface area contributed by atoms with Gasteiger partial charge in [-0.25, -0.2) is 4.98 Å².